The third-order valence-electron chi connectivity index (χ3n) is 3.40. The van der Waals surface area contributed by atoms with Crippen LogP contribution in [0.5, 0.6) is 0 Å². The fraction of sp³-hybridized carbons (Fsp3) is 0.923. The molecular weight excluding hydrogens is 186 g/mol. The molecule has 2 nitrogen and oxygen atoms in total. The van der Waals surface area contributed by atoms with E-state index in [2.05, 4.69) is 18.7 Å². The first-order valence-corrected chi connectivity index (χ1v) is 6.27. The maximum absolute atomic E-state index is 11.4. The lowest BCUT2D eigenvalue weighted by molar-refractivity contribution is -0.122. The Balaban J connectivity index is 2.02. The van der Waals surface area contributed by atoms with Gasteiger partial charge in [-0.15, -0.1) is 0 Å². The molecule has 0 unspecified atom stereocenters. The molecule has 2 heteroatoms. The lowest BCUT2D eigenvalue weighted by Gasteiger charge is -2.42. The summed E-state index contributed by atoms with van der Waals surface area (Å²) in [4.78, 5) is 13.9. The van der Waals surface area contributed by atoms with E-state index in [0.717, 1.165) is 18.8 Å². The molecule has 1 fully saturated rings. The van der Waals surface area contributed by atoms with Crippen LogP contribution in [0.4, 0.5) is 0 Å². The van der Waals surface area contributed by atoms with Gasteiger partial charge in [-0.1, -0.05) is 13.8 Å². The van der Waals surface area contributed by atoms with Crippen molar-refractivity contribution >= 4 is 5.78 Å². The van der Waals surface area contributed by atoms with Crippen molar-refractivity contribution in [1.82, 2.24) is 4.90 Å². The van der Waals surface area contributed by atoms with Crippen molar-refractivity contribution in [3.63, 3.8) is 0 Å². The molecule has 0 radical (unpaired) electrons. The molecule has 1 aliphatic heterocycles. The maximum Gasteiger partial charge on any atom is 0.135 e. The summed E-state index contributed by atoms with van der Waals surface area (Å²) in [7, 11) is 0. The summed E-state index contributed by atoms with van der Waals surface area (Å²) >= 11 is 0. The lowest BCUT2D eigenvalue weighted by atomic mass is 9.91. The van der Waals surface area contributed by atoms with Gasteiger partial charge in [-0.05, 0) is 32.6 Å². The highest BCUT2D eigenvalue weighted by Crippen LogP contribution is 2.23. The number of likely N-dealkylation sites (tertiary alicyclic amines) is 1. The molecule has 0 spiro atoms. The summed E-state index contributed by atoms with van der Waals surface area (Å²) in [6.07, 6.45) is 3.12. The maximum atomic E-state index is 11.4. The summed E-state index contributed by atoms with van der Waals surface area (Å²) in [6.45, 7) is 11.0. The third kappa shape index (κ3) is 3.94. The fourth-order valence-electron chi connectivity index (χ4n) is 2.07. The summed E-state index contributed by atoms with van der Waals surface area (Å²) < 4.78 is 0. The monoisotopic (exact) mass is 211 g/mol. The minimum atomic E-state index is 0.221. The Labute approximate surface area is 94.0 Å². The van der Waals surface area contributed by atoms with Gasteiger partial charge in [0.05, 0.1) is 0 Å². The molecule has 0 aromatic heterocycles. The van der Waals surface area contributed by atoms with Gasteiger partial charge in [-0.2, -0.15) is 0 Å². The molecule has 0 N–H and O–H groups in total. The van der Waals surface area contributed by atoms with Crippen molar-refractivity contribution in [3.05, 3.63) is 0 Å². The highest BCUT2D eigenvalue weighted by Gasteiger charge is 2.27. The van der Waals surface area contributed by atoms with E-state index in [1.807, 2.05) is 13.8 Å². The second-order valence-electron chi connectivity index (χ2n) is 5.43. The predicted octanol–water partition coefficient (Wildman–Crippen LogP) is 2.72. The fourth-order valence-corrected chi connectivity index (χ4v) is 2.07. The van der Waals surface area contributed by atoms with Crippen LogP contribution in [0.25, 0.3) is 0 Å². The van der Waals surface area contributed by atoms with E-state index >= 15 is 0 Å². The first-order valence-electron chi connectivity index (χ1n) is 6.27. The van der Waals surface area contributed by atoms with Gasteiger partial charge in [-0.25, -0.2) is 0 Å². The van der Waals surface area contributed by atoms with Crippen LogP contribution in [0.2, 0.25) is 0 Å². The molecule has 1 rings (SSSR count). The second-order valence-corrected chi connectivity index (χ2v) is 5.43. The van der Waals surface area contributed by atoms with Crippen LogP contribution in [0.1, 0.15) is 47.0 Å². The quantitative estimate of drug-likeness (QED) is 0.673. The number of hydrogen-bond acceptors (Lipinski definition) is 2. The molecule has 0 aromatic carbocycles. The Hall–Kier alpha value is -0.370. The molecule has 0 aliphatic carbocycles. The summed E-state index contributed by atoms with van der Waals surface area (Å²) in [5.41, 5.74) is 0. The Bertz CT molecular complexity index is 205. The smallest absolute Gasteiger partial charge is 0.135 e. The predicted molar refractivity (Wildman–Crippen MR) is 63.9 cm³/mol. The van der Waals surface area contributed by atoms with Crippen LogP contribution < -0.4 is 0 Å². The van der Waals surface area contributed by atoms with Gasteiger partial charge < -0.3 is 4.90 Å². The van der Waals surface area contributed by atoms with Crippen molar-refractivity contribution < 1.29 is 4.79 Å². The molecule has 1 saturated heterocycles. The number of nitrogens with zero attached hydrogens (tertiary/aromatic N) is 1. The van der Waals surface area contributed by atoms with Gasteiger partial charge in [0.25, 0.3) is 0 Å². The van der Waals surface area contributed by atoms with Crippen molar-refractivity contribution in [2.45, 2.75) is 53.0 Å². The van der Waals surface area contributed by atoms with E-state index in [9.17, 15) is 4.79 Å². The van der Waals surface area contributed by atoms with Gasteiger partial charge in [-0.3, -0.25) is 4.79 Å². The van der Waals surface area contributed by atoms with Crippen LogP contribution in [0, 0.1) is 11.8 Å². The number of carbonyl (C=O) groups excluding carboxylic acids is 1. The molecule has 15 heavy (non-hydrogen) atoms. The van der Waals surface area contributed by atoms with Crippen molar-refractivity contribution in [2.75, 3.05) is 13.1 Å². The van der Waals surface area contributed by atoms with Crippen molar-refractivity contribution in [3.8, 4) is 0 Å². The molecule has 0 saturated carbocycles. The van der Waals surface area contributed by atoms with E-state index in [4.69, 9.17) is 0 Å². The average molecular weight is 211 g/mol. The number of rotatable bonds is 6. The number of ketones is 1. The lowest BCUT2D eigenvalue weighted by Crippen LogP contribution is -2.50. The summed E-state index contributed by atoms with van der Waals surface area (Å²) in [5, 5.41) is 0. The Morgan fingerprint density at radius 3 is 2.33 bits per heavy atom. The van der Waals surface area contributed by atoms with Crippen molar-refractivity contribution in [1.29, 1.82) is 0 Å². The van der Waals surface area contributed by atoms with E-state index in [0.29, 0.717) is 11.8 Å². The molecule has 1 aliphatic rings. The van der Waals surface area contributed by atoms with Gasteiger partial charge in [0.1, 0.15) is 5.78 Å². The van der Waals surface area contributed by atoms with Crippen LogP contribution in [-0.2, 0) is 4.79 Å². The Morgan fingerprint density at radius 2 is 1.87 bits per heavy atom. The van der Waals surface area contributed by atoms with Gasteiger partial charge in [0.2, 0.25) is 0 Å². The Kier molecular flexibility index (Phi) is 4.78. The average Bonchev–Trinajstić information content (AvgIpc) is 2.07. The van der Waals surface area contributed by atoms with Gasteiger partial charge >= 0.3 is 0 Å². The van der Waals surface area contributed by atoms with Gasteiger partial charge in [0, 0.05) is 31.5 Å². The molecule has 0 bridgehead atoms. The van der Waals surface area contributed by atoms with Crippen LogP contribution in [0.3, 0.4) is 0 Å². The number of carbonyl (C=O) groups is 1. The minimum Gasteiger partial charge on any atom is -0.300 e. The molecule has 0 amide bonds. The molecular formula is C13H25NO. The largest absolute Gasteiger partial charge is 0.300 e. The number of Topliss-reactive ketones (excluding diaryl/α,β-unsaturated/α-hetero) is 1. The SMILES string of the molecule is CC(C)C(=O)CCCC1CN(C(C)C)C1. The first kappa shape index (κ1) is 12.7. The topological polar surface area (TPSA) is 20.3 Å². The van der Waals surface area contributed by atoms with E-state index in [-0.39, 0.29) is 5.92 Å². The minimum absolute atomic E-state index is 0.221. The van der Waals surface area contributed by atoms with E-state index in [1.165, 1.54) is 19.5 Å². The van der Waals surface area contributed by atoms with E-state index < -0.39 is 0 Å². The second kappa shape index (κ2) is 5.64. The summed E-state index contributed by atoms with van der Waals surface area (Å²) in [6, 6.07) is 0.693. The molecule has 0 aromatic rings. The molecule has 0 atom stereocenters. The highest BCUT2D eigenvalue weighted by atomic mass is 16.1. The molecule has 88 valence electrons. The van der Waals surface area contributed by atoms with Gasteiger partial charge in [0.15, 0.2) is 0 Å². The number of hydrogen-bond donors (Lipinski definition) is 0. The normalized spacial score (nSPS) is 18.5. The summed E-state index contributed by atoms with van der Waals surface area (Å²) in [5.74, 6) is 1.50. The Morgan fingerprint density at radius 1 is 1.27 bits per heavy atom. The first-order chi connectivity index (χ1) is 7.00. The van der Waals surface area contributed by atoms with Crippen LogP contribution in [0.15, 0.2) is 0 Å². The highest BCUT2D eigenvalue weighted by molar-refractivity contribution is 5.80. The zero-order valence-corrected chi connectivity index (χ0v) is 10.6. The van der Waals surface area contributed by atoms with Crippen molar-refractivity contribution in [2.24, 2.45) is 11.8 Å². The molecule has 1 heterocycles. The van der Waals surface area contributed by atoms with Crippen LogP contribution >= 0.6 is 0 Å². The third-order valence-corrected chi connectivity index (χ3v) is 3.40. The zero-order chi connectivity index (χ0) is 11.4. The standard InChI is InChI=1S/C13H25NO/c1-10(2)13(15)7-5-6-12-8-14(9-12)11(3)4/h10-12H,5-9H2,1-4H3. The zero-order valence-electron chi connectivity index (χ0n) is 10.6. The van der Waals surface area contributed by atoms with E-state index in [1.54, 1.807) is 0 Å². The van der Waals surface area contributed by atoms with Crippen LogP contribution in [-0.4, -0.2) is 29.8 Å².